The number of carbonyl (C=O) groups is 2. The van der Waals surface area contributed by atoms with Crippen molar-refractivity contribution in [3.63, 3.8) is 0 Å². The molecule has 1 fully saturated rings. The molecule has 0 bridgehead atoms. The van der Waals surface area contributed by atoms with Crippen molar-refractivity contribution in [3.8, 4) is 11.8 Å². The molecule has 0 unspecified atom stereocenters. The van der Waals surface area contributed by atoms with Gasteiger partial charge in [-0.25, -0.2) is 0 Å². The van der Waals surface area contributed by atoms with E-state index < -0.39 is 0 Å². The fourth-order valence-electron chi connectivity index (χ4n) is 3.59. The van der Waals surface area contributed by atoms with Gasteiger partial charge >= 0.3 is 0 Å². The van der Waals surface area contributed by atoms with Crippen molar-refractivity contribution < 1.29 is 18.7 Å². The number of rotatable bonds is 5. The number of aryl methyl sites for hydroxylation is 1. The average Bonchev–Trinajstić information content (AvgIpc) is 3.28. The number of furan rings is 1. The van der Waals surface area contributed by atoms with Gasteiger partial charge in [0.25, 0.3) is 11.8 Å². The molecule has 3 aromatic rings. The summed E-state index contributed by atoms with van der Waals surface area (Å²) < 4.78 is 11.2. The van der Waals surface area contributed by atoms with Crippen LogP contribution < -0.4 is 4.74 Å². The van der Waals surface area contributed by atoms with E-state index in [2.05, 4.69) is 6.07 Å². The maximum absolute atomic E-state index is 13.0. The predicted molar refractivity (Wildman–Crippen MR) is 117 cm³/mol. The Kier molecular flexibility index (Phi) is 6.22. The maximum atomic E-state index is 13.0. The van der Waals surface area contributed by atoms with Gasteiger partial charge in [-0.2, -0.15) is 5.26 Å². The summed E-state index contributed by atoms with van der Waals surface area (Å²) in [5.74, 6) is 1.48. The van der Waals surface area contributed by atoms with E-state index in [4.69, 9.17) is 14.4 Å². The average molecular weight is 429 g/mol. The fourth-order valence-corrected chi connectivity index (χ4v) is 3.59. The number of hydrogen-bond acceptors (Lipinski definition) is 5. The second-order valence-electron chi connectivity index (χ2n) is 7.62. The van der Waals surface area contributed by atoms with Gasteiger partial charge in [0.05, 0.1) is 11.6 Å². The Balaban J connectivity index is 1.33. The summed E-state index contributed by atoms with van der Waals surface area (Å²) >= 11 is 0. The molecular formula is C25H23N3O4. The number of piperazine rings is 1. The normalized spacial score (nSPS) is 13.5. The molecule has 1 aliphatic rings. The molecule has 4 rings (SSSR count). The highest BCUT2D eigenvalue weighted by Crippen LogP contribution is 2.17. The fraction of sp³-hybridized carbons (Fsp3) is 0.240. The van der Waals surface area contributed by atoms with Crippen LogP contribution in [0, 0.1) is 18.3 Å². The molecule has 0 N–H and O–H groups in total. The van der Waals surface area contributed by atoms with E-state index in [1.165, 1.54) is 0 Å². The second-order valence-corrected chi connectivity index (χ2v) is 7.62. The standard InChI is InChI=1S/C25H23N3O4/c1-18-5-10-23(32-18)25(30)28-13-11-27(12-14-28)24(29)21-4-2-3-20(15-21)17-31-22-8-6-19(16-26)7-9-22/h2-10,15H,11-14,17H2,1H3. The number of nitriles is 1. The van der Waals surface area contributed by atoms with E-state index in [9.17, 15) is 9.59 Å². The molecule has 1 aromatic heterocycles. The molecule has 0 spiro atoms. The Morgan fingerprint density at radius 3 is 2.28 bits per heavy atom. The van der Waals surface area contributed by atoms with Gasteiger partial charge in [0.2, 0.25) is 0 Å². The van der Waals surface area contributed by atoms with Crippen LogP contribution in [0.1, 0.15) is 37.8 Å². The highest BCUT2D eigenvalue weighted by atomic mass is 16.5. The number of carbonyl (C=O) groups excluding carboxylic acids is 2. The van der Waals surface area contributed by atoms with Crippen molar-refractivity contribution in [2.45, 2.75) is 13.5 Å². The van der Waals surface area contributed by atoms with Crippen molar-refractivity contribution >= 4 is 11.8 Å². The number of amides is 2. The lowest BCUT2D eigenvalue weighted by Crippen LogP contribution is -2.50. The summed E-state index contributed by atoms with van der Waals surface area (Å²) in [7, 11) is 0. The van der Waals surface area contributed by atoms with Crippen molar-refractivity contribution in [2.24, 2.45) is 0 Å². The number of ether oxygens (including phenoxy) is 1. The van der Waals surface area contributed by atoms with Gasteiger partial charge in [-0.3, -0.25) is 9.59 Å². The molecule has 2 aromatic carbocycles. The van der Waals surface area contributed by atoms with Gasteiger partial charge in [-0.1, -0.05) is 12.1 Å². The zero-order valence-electron chi connectivity index (χ0n) is 17.8. The van der Waals surface area contributed by atoms with Crippen molar-refractivity contribution in [1.29, 1.82) is 5.26 Å². The Hall–Kier alpha value is -4.05. The Labute approximate surface area is 186 Å². The number of hydrogen-bond donors (Lipinski definition) is 0. The Bertz CT molecular complexity index is 1150. The van der Waals surface area contributed by atoms with Gasteiger partial charge in [0.15, 0.2) is 5.76 Å². The summed E-state index contributed by atoms with van der Waals surface area (Å²) in [4.78, 5) is 29.0. The quantitative estimate of drug-likeness (QED) is 0.618. The van der Waals surface area contributed by atoms with Crippen LogP contribution in [0.3, 0.4) is 0 Å². The smallest absolute Gasteiger partial charge is 0.289 e. The molecule has 1 saturated heterocycles. The first-order chi connectivity index (χ1) is 15.5. The first kappa shape index (κ1) is 21.2. The van der Waals surface area contributed by atoms with E-state index in [0.717, 1.165) is 5.56 Å². The van der Waals surface area contributed by atoms with E-state index in [1.54, 1.807) is 59.2 Å². The van der Waals surface area contributed by atoms with E-state index >= 15 is 0 Å². The van der Waals surface area contributed by atoms with Crippen LogP contribution in [-0.2, 0) is 6.61 Å². The maximum Gasteiger partial charge on any atom is 0.289 e. The molecule has 0 atom stereocenters. The Morgan fingerprint density at radius 1 is 0.969 bits per heavy atom. The van der Waals surface area contributed by atoms with Crippen molar-refractivity contribution in [1.82, 2.24) is 9.80 Å². The third-order valence-corrected chi connectivity index (χ3v) is 5.37. The first-order valence-corrected chi connectivity index (χ1v) is 10.4. The lowest BCUT2D eigenvalue weighted by molar-refractivity contribution is 0.0517. The minimum atomic E-state index is -0.146. The first-order valence-electron chi connectivity index (χ1n) is 10.4. The molecule has 1 aliphatic heterocycles. The number of benzene rings is 2. The molecule has 0 radical (unpaired) electrons. The SMILES string of the molecule is Cc1ccc(C(=O)N2CCN(C(=O)c3cccc(COc4ccc(C#N)cc4)c3)CC2)o1. The summed E-state index contributed by atoms with van der Waals surface area (Å²) in [6, 6.07) is 19.8. The van der Waals surface area contributed by atoms with Crippen LogP contribution in [0.15, 0.2) is 65.1 Å². The van der Waals surface area contributed by atoms with E-state index in [1.807, 2.05) is 18.2 Å². The zero-order chi connectivity index (χ0) is 22.5. The van der Waals surface area contributed by atoms with Crippen LogP contribution in [0.25, 0.3) is 0 Å². The molecule has 7 heteroatoms. The van der Waals surface area contributed by atoms with Crippen LogP contribution in [0.5, 0.6) is 5.75 Å². The highest BCUT2D eigenvalue weighted by Gasteiger charge is 2.27. The van der Waals surface area contributed by atoms with Crippen molar-refractivity contribution in [3.05, 3.63) is 88.9 Å². The van der Waals surface area contributed by atoms with Gasteiger partial charge in [0, 0.05) is 31.7 Å². The minimum absolute atomic E-state index is 0.0637. The lowest BCUT2D eigenvalue weighted by atomic mass is 10.1. The third kappa shape index (κ3) is 4.81. The molecule has 32 heavy (non-hydrogen) atoms. The largest absolute Gasteiger partial charge is 0.489 e. The lowest BCUT2D eigenvalue weighted by Gasteiger charge is -2.34. The summed E-state index contributed by atoms with van der Waals surface area (Å²) in [6.07, 6.45) is 0. The molecule has 2 amide bonds. The molecule has 0 saturated carbocycles. The summed E-state index contributed by atoms with van der Waals surface area (Å²) in [5.41, 5.74) is 2.04. The Morgan fingerprint density at radius 2 is 1.66 bits per heavy atom. The topological polar surface area (TPSA) is 86.8 Å². The minimum Gasteiger partial charge on any atom is -0.489 e. The molecule has 0 aliphatic carbocycles. The third-order valence-electron chi connectivity index (χ3n) is 5.37. The summed E-state index contributed by atoms with van der Waals surface area (Å²) in [6.45, 7) is 3.99. The van der Waals surface area contributed by atoms with E-state index in [-0.39, 0.29) is 11.8 Å². The van der Waals surface area contributed by atoms with Crippen molar-refractivity contribution in [2.75, 3.05) is 26.2 Å². The monoisotopic (exact) mass is 429 g/mol. The van der Waals surface area contributed by atoms with Crippen LogP contribution in [0.4, 0.5) is 0 Å². The predicted octanol–water partition coefficient (Wildman–Crippen LogP) is 3.64. The zero-order valence-corrected chi connectivity index (χ0v) is 17.8. The van der Waals surface area contributed by atoms with Crippen LogP contribution in [0.2, 0.25) is 0 Å². The van der Waals surface area contributed by atoms with Crippen LogP contribution in [-0.4, -0.2) is 47.8 Å². The highest BCUT2D eigenvalue weighted by molar-refractivity contribution is 5.95. The second kappa shape index (κ2) is 9.40. The number of nitrogens with zero attached hydrogens (tertiary/aromatic N) is 3. The molecule has 7 nitrogen and oxygen atoms in total. The van der Waals surface area contributed by atoms with Gasteiger partial charge in [0.1, 0.15) is 18.1 Å². The molecule has 2 heterocycles. The summed E-state index contributed by atoms with van der Waals surface area (Å²) in [5, 5.41) is 8.87. The van der Waals surface area contributed by atoms with Gasteiger partial charge in [-0.05, 0) is 61.0 Å². The molecular weight excluding hydrogens is 406 g/mol. The van der Waals surface area contributed by atoms with Gasteiger partial charge < -0.3 is 19.0 Å². The van der Waals surface area contributed by atoms with Crippen LogP contribution >= 0.6 is 0 Å². The molecule has 162 valence electrons. The van der Waals surface area contributed by atoms with Gasteiger partial charge in [-0.15, -0.1) is 0 Å². The van der Waals surface area contributed by atoms with E-state index in [0.29, 0.717) is 61.2 Å².